The maximum atomic E-state index is 12.3. The number of rotatable bonds is 4. The minimum Gasteiger partial charge on any atom is -0.408 e. The predicted molar refractivity (Wildman–Crippen MR) is 81.3 cm³/mol. The molecule has 22 heavy (non-hydrogen) atoms. The normalized spacial score (nSPS) is 12.2. The Hall–Kier alpha value is -2.89. The number of fused-ring (bicyclic) bond motifs is 1. The van der Waals surface area contributed by atoms with E-state index in [9.17, 15) is 9.59 Å². The van der Waals surface area contributed by atoms with Crippen LogP contribution in [-0.4, -0.2) is 15.5 Å². The minimum absolute atomic E-state index is 0.252. The largest absolute Gasteiger partial charge is 0.420 e. The molecule has 0 saturated heterocycles. The molecular formula is C16H15N3O3. The van der Waals surface area contributed by atoms with E-state index in [0.29, 0.717) is 17.6 Å². The lowest BCUT2D eigenvalue weighted by molar-refractivity contribution is -0.124. The number of oxazole rings is 1. The Labute approximate surface area is 126 Å². The smallest absolute Gasteiger partial charge is 0.408 e. The van der Waals surface area contributed by atoms with Gasteiger partial charge in [0.2, 0.25) is 5.91 Å². The molecule has 0 unspecified atom stereocenters. The van der Waals surface area contributed by atoms with Gasteiger partial charge in [0.05, 0.1) is 5.52 Å². The third-order valence-electron chi connectivity index (χ3n) is 3.48. The highest BCUT2D eigenvalue weighted by atomic mass is 16.4. The number of aromatic nitrogens is 2. The van der Waals surface area contributed by atoms with Crippen LogP contribution in [0.1, 0.15) is 18.5 Å². The molecule has 1 atom stereocenters. The number of hydrogen-bond acceptors (Lipinski definition) is 4. The molecule has 112 valence electrons. The van der Waals surface area contributed by atoms with Gasteiger partial charge in [-0.05, 0) is 30.7 Å². The van der Waals surface area contributed by atoms with Crippen molar-refractivity contribution in [2.24, 2.45) is 0 Å². The van der Waals surface area contributed by atoms with Gasteiger partial charge in [0.1, 0.15) is 6.04 Å². The van der Waals surface area contributed by atoms with Crippen LogP contribution in [0.5, 0.6) is 0 Å². The zero-order valence-electron chi connectivity index (χ0n) is 12.0. The molecule has 0 radical (unpaired) electrons. The summed E-state index contributed by atoms with van der Waals surface area (Å²) in [5.41, 5.74) is 1.98. The maximum Gasteiger partial charge on any atom is 0.420 e. The van der Waals surface area contributed by atoms with Crippen LogP contribution < -0.4 is 11.1 Å². The first-order valence-electron chi connectivity index (χ1n) is 6.93. The second-order valence-corrected chi connectivity index (χ2v) is 4.96. The maximum absolute atomic E-state index is 12.3. The van der Waals surface area contributed by atoms with Gasteiger partial charge in [0.25, 0.3) is 0 Å². The zero-order valence-corrected chi connectivity index (χ0v) is 12.0. The summed E-state index contributed by atoms with van der Waals surface area (Å²) in [6.07, 6.45) is 3.36. The molecule has 2 aromatic heterocycles. The van der Waals surface area contributed by atoms with Gasteiger partial charge in [-0.15, -0.1) is 0 Å². The van der Waals surface area contributed by atoms with Crippen LogP contribution in [0.4, 0.5) is 0 Å². The first-order valence-corrected chi connectivity index (χ1v) is 6.93. The number of benzene rings is 1. The third-order valence-corrected chi connectivity index (χ3v) is 3.48. The average Bonchev–Trinajstić information content (AvgIpc) is 2.88. The fourth-order valence-corrected chi connectivity index (χ4v) is 2.31. The molecule has 3 aromatic rings. The van der Waals surface area contributed by atoms with Gasteiger partial charge in [-0.3, -0.25) is 14.3 Å². The van der Waals surface area contributed by atoms with Crippen LogP contribution >= 0.6 is 0 Å². The number of carbonyl (C=O) groups excluding carboxylic acids is 1. The number of amides is 1. The summed E-state index contributed by atoms with van der Waals surface area (Å²) in [4.78, 5) is 28.2. The Kier molecular flexibility index (Phi) is 3.74. The molecule has 3 rings (SSSR count). The Bertz CT molecular complexity index is 852. The molecule has 2 heterocycles. The molecule has 1 N–H and O–H groups in total. The van der Waals surface area contributed by atoms with Gasteiger partial charge in [0, 0.05) is 18.9 Å². The highest BCUT2D eigenvalue weighted by Crippen LogP contribution is 2.16. The third kappa shape index (κ3) is 2.63. The van der Waals surface area contributed by atoms with E-state index in [-0.39, 0.29) is 5.91 Å². The second-order valence-electron chi connectivity index (χ2n) is 4.96. The van der Waals surface area contributed by atoms with Crippen LogP contribution in [-0.2, 0) is 11.3 Å². The number of hydrogen-bond donors (Lipinski definition) is 1. The van der Waals surface area contributed by atoms with Crippen molar-refractivity contribution in [2.45, 2.75) is 19.5 Å². The van der Waals surface area contributed by atoms with E-state index in [1.165, 1.54) is 4.57 Å². The number of carbonyl (C=O) groups is 1. The topological polar surface area (TPSA) is 77.1 Å². The summed E-state index contributed by atoms with van der Waals surface area (Å²) in [6, 6.07) is 10.1. The van der Waals surface area contributed by atoms with E-state index in [2.05, 4.69) is 10.3 Å². The Morgan fingerprint density at radius 3 is 2.91 bits per heavy atom. The van der Waals surface area contributed by atoms with E-state index in [0.717, 1.165) is 5.56 Å². The molecule has 6 nitrogen and oxygen atoms in total. The molecule has 6 heteroatoms. The Balaban J connectivity index is 1.80. The van der Waals surface area contributed by atoms with Crippen molar-refractivity contribution in [3.63, 3.8) is 0 Å². The lowest BCUT2D eigenvalue weighted by Crippen LogP contribution is -2.34. The Morgan fingerprint density at radius 2 is 2.14 bits per heavy atom. The lowest BCUT2D eigenvalue weighted by Gasteiger charge is -2.13. The van der Waals surface area contributed by atoms with Crippen LogP contribution in [0.15, 0.2) is 58.0 Å². The van der Waals surface area contributed by atoms with Crippen molar-refractivity contribution in [2.75, 3.05) is 0 Å². The van der Waals surface area contributed by atoms with Crippen molar-refractivity contribution in [3.8, 4) is 0 Å². The minimum atomic E-state index is -0.659. The van der Waals surface area contributed by atoms with E-state index < -0.39 is 11.8 Å². The monoisotopic (exact) mass is 297 g/mol. The predicted octanol–water partition coefficient (Wildman–Crippen LogP) is 1.87. The summed E-state index contributed by atoms with van der Waals surface area (Å²) in [5.74, 6) is -0.789. The molecule has 0 bridgehead atoms. The number of pyridine rings is 1. The van der Waals surface area contributed by atoms with E-state index in [4.69, 9.17) is 4.42 Å². The standard InChI is InChI=1S/C16H15N3O3/c1-11(15(20)18-10-12-5-4-8-17-9-12)19-13-6-2-3-7-14(13)22-16(19)21/h2-9,11H,10H2,1H3,(H,18,20)/t11-/m1/s1. The average molecular weight is 297 g/mol. The number of nitrogens with zero attached hydrogens (tertiary/aromatic N) is 2. The lowest BCUT2D eigenvalue weighted by atomic mass is 10.2. The van der Waals surface area contributed by atoms with Gasteiger partial charge in [-0.25, -0.2) is 4.79 Å². The van der Waals surface area contributed by atoms with Gasteiger partial charge in [-0.2, -0.15) is 0 Å². The molecule has 0 aliphatic carbocycles. The summed E-state index contributed by atoms with van der Waals surface area (Å²) in [7, 11) is 0. The molecule has 1 aromatic carbocycles. The quantitative estimate of drug-likeness (QED) is 0.797. The molecule has 0 spiro atoms. The van der Waals surface area contributed by atoms with E-state index in [1.807, 2.05) is 6.07 Å². The van der Waals surface area contributed by atoms with Gasteiger partial charge in [0.15, 0.2) is 5.58 Å². The molecule has 1 amide bonds. The first kappa shape index (κ1) is 14.1. The molecule has 0 aliphatic rings. The SMILES string of the molecule is C[C@H](C(=O)NCc1cccnc1)n1c(=O)oc2ccccc21. The van der Waals surface area contributed by atoms with Crippen molar-refractivity contribution < 1.29 is 9.21 Å². The van der Waals surface area contributed by atoms with Gasteiger partial charge >= 0.3 is 5.76 Å². The second kappa shape index (κ2) is 5.85. The number of para-hydroxylation sites is 2. The molecule has 0 saturated carbocycles. The van der Waals surface area contributed by atoms with Gasteiger partial charge in [-0.1, -0.05) is 18.2 Å². The van der Waals surface area contributed by atoms with Crippen molar-refractivity contribution in [1.29, 1.82) is 0 Å². The van der Waals surface area contributed by atoms with Crippen LogP contribution in [0, 0.1) is 0 Å². The van der Waals surface area contributed by atoms with Crippen LogP contribution in [0.25, 0.3) is 11.1 Å². The van der Waals surface area contributed by atoms with Crippen molar-refractivity contribution in [3.05, 3.63) is 64.9 Å². The number of nitrogens with one attached hydrogen (secondary N) is 1. The van der Waals surface area contributed by atoms with Crippen molar-refractivity contribution in [1.82, 2.24) is 14.9 Å². The molecule has 0 fully saturated rings. The van der Waals surface area contributed by atoms with Gasteiger partial charge < -0.3 is 9.73 Å². The Morgan fingerprint density at radius 1 is 1.32 bits per heavy atom. The zero-order chi connectivity index (χ0) is 15.5. The first-order chi connectivity index (χ1) is 10.7. The van der Waals surface area contributed by atoms with E-state index >= 15 is 0 Å². The fraction of sp³-hybridized carbons (Fsp3) is 0.188. The van der Waals surface area contributed by atoms with E-state index in [1.54, 1.807) is 49.6 Å². The summed E-state index contributed by atoms with van der Waals surface area (Å²) in [6.45, 7) is 2.03. The van der Waals surface area contributed by atoms with Crippen LogP contribution in [0.3, 0.4) is 0 Å². The molecule has 0 aliphatic heterocycles. The summed E-state index contributed by atoms with van der Waals surface area (Å²) in [5, 5.41) is 2.80. The summed E-state index contributed by atoms with van der Waals surface area (Å²) >= 11 is 0. The highest BCUT2D eigenvalue weighted by molar-refractivity contribution is 5.82. The van der Waals surface area contributed by atoms with Crippen molar-refractivity contribution >= 4 is 17.0 Å². The molecular weight excluding hydrogens is 282 g/mol. The fourth-order valence-electron chi connectivity index (χ4n) is 2.31. The highest BCUT2D eigenvalue weighted by Gasteiger charge is 2.20. The summed E-state index contributed by atoms with van der Waals surface area (Å²) < 4.78 is 6.51. The van der Waals surface area contributed by atoms with Crippen LogP contribution in [0.2, 0.25) is 0 Å².